The molecular weight excluding hydrogens is 409 g/mol. The topological polar surface area (TPSA) is 96.3 Å². The highest BCUT2D eigenvalue weighted by Gasteiger charge is 2.30. The first-order chi connectivity index (χ1) is 12.9. The fourth-order valence-electron chi connectivity index (χ4n) is 3.06. The van der Waals surface area contributed by atoms with Gasteiger partial charge in [-0.05, 0) is 24.3 Å². The van der Waals surface area contributed by atoms with Gasteiger partial charge in [-0.2, -0.15) is 0 Å². The maximum atomic E-state index is 12.9. The van der Waals surface area contributed by atoms with E-state index >= 15 is 0 Å². The van der Waals surface area contributed by atoms with Gasteiger partial charge >= 0.3 is 0 Å². The monoisotopic (exact) mass is 431 g/mol. The highest BCUT2D eigenvalue weighted by Crippen LogP contribution is 2.21. The van der Waals surface area contributed by atoms with E-state index in [1.165, 1.54) is 12.1 Å². The van der Waals surface area contributed by atoms with E-state index in [1.807, 2.05) is 17.8 Å². The van der Waals surface area contributed by atoms with Gasteiger partial charge in [-0.1, -0.05) is 0 Å². The first-order valence-corrected chi connectivity index (χ1v) is 10.1. The Balaban J connectivity index is 0.00000280. The van der Waals surface area contributed by atoms with E-state index in [1.54, 1.807) is 11.1 Å². The number of amides is 1. The minimum atomic E-state index is -3.78. The number of rotatable bonds is 6. The number of aryl methyl sites for hydroxylation is 1. The molecule has 1 aromatic carbocycles. The van der Waals surface area contributed by atoms with Crippen LogP contribution in [-0.4, -0.2) is 55.0 Å². The lowest BCUT2D eigenvalue weighted by atomic mass is 10.1. The minimum absolute atomic E-state index is 0. The van der Waals surface area contributed by atoms with Crippen LogP contribution in [0.2, 0.25) is 0 Å². The van der Waals surface area contributed by atoms with Crippen molar-refractivity contribution in [1.29, 1.82) is 0 Å². The van der Waals surface area contributed by atoms with Gasteiger partial charge < -0.3 is 14.8 Å². The Hall–Kier alpha value is -2.01. The summed E-state index contributed by atoms with van der Waals surface area (Å²) in [5.74, 6) is 0.122. The lowest BCUT2D eigenvalue weighted by molar-refractivity contribution is -0.134. The van der Waals surface area contributed by atoms with Crippen LogP contribution in [-0.2, 0) is 21.9 Å². The molecule has 0 radical (unpaired) electrons. The molecule has 1 unspecified atom stereocenters. The van der Waals surface area contributed by atoms with Crippen LogP contribution in [0.25, 0.3) is 0 Å². The molecule has 1 atom stereocenters. The smallest absolute Gasteiger partial charge is 0.240 e. The first-order valence-electron chi connectivity index (χ1n) is 8.61. The van der Waals surface area contributed by atoms with Crippen LogP contribution in [0.15, 0.2) is 41.6 Å². The largest absolute Gasteiger partial charge is 0.336 e. The normalized spacial score (nSPS) is 17.2. The van der Waals surface area contributed by atoms with Crippen molar-refractivity contribution in [3.8, 4) is 0 Å². The molecule has 0 spiro atoms. The van der Waals surface area contributed by atoms with Crippen molar-refractivity contribution in [3.05, 3.63) is 48.3 Å². The Labute approximate surface area is 169 Å². The molecule has 1 aliphatic rings. The summed E-state index contributed by atoms with van der Waals surface area (Å²) in [6, 6.07) is 4.34. The van der Waals surface area contributed by atoms with Crippen LogP contribution < -0.4 is 10.0 Å². The summed E-state index contributed by atoms with van der Waals surface area (Å²) in [6.45, 7) is 1.77. The van der Waals surface area contributed by atoms with Gasteiger partial charge in [0.15, 0.2) is 0 Å². The quantitative estimate of drug-likeness (QED) is 0.706. The van der Waals surface area contributed by atoms with Crippen molar-refractivity contribution in [3.63, 3.8) is 0 Å². The fourth-order valence-corrected chi connectivity index (χ4v) is 4.10. The molecule has 1 amide bonds. The van der Waals surface area contributed by atoms with Gasteiger partial charge in [0.1, 0.15) is 17.7 Å². The number of halogens is 2. The van der Waals surface area contributed by atoms with E-state index < -0.39 is 15.8 Å². The van der Waals surface area contributed by atoms with Crippen molar-refractivity contribution in [1.82, 2.24) is 24.5 Å². The molecule has 2 N–H and O–H groups in total. The van der Waals surface area contributed by atoms with Crippen LogP contribution in [0, 0.1) is 5.82 Å². The molecule has 3 rings (SSSR count). The Morgan fingerprint density at radius 3 is 2.71 bits per heavy atom. The second-order valence-electron chi connectivity index (χ2n) is 6.31. The van der Waals surface area contributed by atoms with Gasteiger partial charge in [-0.25, -0.2) is 22.5 Å². The maximum Gasteiger partial charge on any atom is 0.240 e. The third-order valence-electron chi connectivity index (χ3n) is 4.48. The number of hydrogen-bond acceptors (Lipinski definition) is 5. The predicted octanol–water partition coefficient (Wildman–Crippen LogP) is 0.822. The predicted molar refractivity (Wildman–Crippen MR) is 104 cm³/mol. The summed E-state index contributed by atoms with van der Waals surface area (Å²) in [6.07, 6.45) is 3.54. The number of benzene rings is 1. The summed E-state index contributed by atoms with van der Waals surface area (Å²) in [7, 11) is -1.91. The van der Waals surface area contributed by atoms with Crippen LogP contribution in [0.4, 0.5) is 4.39 Å². The van der Waals surface area contributed by atoms with Crippen LogP contribution in [0.3, 0.4) is 0 Å². The number of nitrogens with zero attached hydrogens (tertiary/aromatic N) is 3. The fraction of sp³-hybridized carbons (Fsp3) is 0.412. The lowest BCUT2D eigenvalue weighted by Gasteiger charge is -2.35. The summed E-state index contributed by atoms with van der Waals surface area (Å²) < 4.78 is 41.6. The van der Waals surface area contributed by atoms with Crippen molar-refractivity contribution >= 4 is 28.3 Å². The second-order valence-corrected chi connectivity index (χ2v) is 8.07. The Bertz CT molecular complexity index is 904. The third kappa shape index (κ3) is 5.07. The van der Waals surface area contributed by atoms with E-state index in [2.05, 4.69) is 15.0 Å². The number of hydrogen-bond donors (Lipinski definition) is 2. The van der Waals surface area contributed by atoms with Crippen LogP contribution in [0.1, 0.15) is 18.3 Å². The molecule has 1 saturated heterocycles. The average Bonchev–Trinajstić information content (AvgIpc) is 3.07. The molecular formula is C17H23ClFN5O3S. The summed E-state index contributed by atoms with van der Waals surface area (Å²) in [5, 5.41) is 3.25. The Morgan fingerprint density at radius 2 is 2.07 bits per heavy atom. The van der Waals surface area contributed by atoms with Gasteiger partial charge in [0, 0.05) is 52.0 Å². The Kier molecular flexibility index (Phi) is 7.53. The molecule has 28 heavy (non-hydrogen) atoms. The number of piperazine rings is 1. The number of carbonyl (C=O) groups is 1. The van der Waals surface area contributed by atoms with Crippen molar-refractivity contribution in [2.24, 2.45) is 7.05 Å². The van der Waals surface area contributed by atoms with Crippen molar-refractivity contribution < 1.29 is 17.6 Å². The zero-order chi connectivity index (χ0) is 19.4. The molecule has 1 aromatic heterocycles. The molecule has 0 bridgehead atoms. The summed E-state index contributed by atoms with van der Waals surface area (Å²) >= 11 is 0. The lowest BCUT2D eigenvalue weighted by Crippen LogP contribution is -2.50. The third-order valence-corrected chi connectivity index (χ3v) is 5.95. The average molecular weight is 432 g/mol. The van der Waals surface area contributed by atoms with E-state index in [0.717, 1.165) is 18.0 Å². The first kappa shape index (κ1) is 22.3. The minimum Gasteiger partial charge on any atom is -0.336 e. The molecule has 1 fully saturated rings. The SMILES string of the molecule is Cl.Cn1ccnc1C1CNCCN1C(=O)CCNS(=O)(=O)c1ccc(F)cc1. The molecule has 2 heterocycles. The van der Waals surface area contributed by atoms with Gasteiger partial charge in [0.2, 0.25) is 15.9 Å². The number of sulfonamides is 1. The standard InChI is InChI=1S/C17H22FN5O3S.ClH/c1-22-10-9-20-17(22)15-12-19-8-11-23(15)16(24)6-7-21-27(25,26)14-4-2-13(18)3-5-14;/h2-5,9-10,15,19,21H,6-8,11-12H2,1H3;1H. The maximum absolute atomic E-state index is 12.9. The van der Waals surface area contributed by atoms with Gasteiger partial charge in [0.05, 0.1) is 4.90 Å². The second kappa shape index (κ2) is 9.46. The Morgan fingerprint density at radius 1 is 1.36 bits per heavy atom. The summed E-state index contributed by atoms with van der Waals surface area (Å²) in [5.41, 5.74) is 0. The van der Waals surface area contributed by atoms with Crippen molar-refractivity contribution in [2.45, 2.75) is 17.4 Å². The summed E-state index contributed by atoms with van der Waals surface area (Å²) in [4.78, 5) is 18.7. The van der Waals surface area contributed by atoms with Gasteiger partial charge in [-0.15, -0.1) is 12.4 Å². The highest BCUT2D eigenvalue weighted by atomic mass is 35.5. The zero-order valence-corrected chi connectivity index (χ0v) is 17.0. The van der Waals surface area contributed by atoms with E-state index in [4.69, 9.17) is 0 Å². The van der Waals surface area contributed by atoms with E-state index in [0.29, 0.717) is 19.6 Å². The molecule has 154 valence electrons. The van der Waals surface area contributed by atoms with Crippen LogP contribution in [0.5, 0.6) is 0 Å². The number of nitrogens with one attached hydrogen (secondary N) is 2. The van der Waals surface area contributed by atoms with Crippen LogP contribution >= 0.6 is 12.4 Å². The number of carbonyl (C=O) groups excluding carboxylic acids is 1. The molecule has 0 saturated carbocycles. The van der Waals surface area contributed by atoms with Gasteiger partial charge in [-0.3, -0.25) is 4.79 Å². The molecule has 1 aliphatic heterocycles. The number of aromatic nitrogens is 2. The molecule has 2 aromatic rings. The number of imidazole rings is 1. The molecule has 11 heteroatoms. The van der Waals surface area contributed by atoms with Gasteiger partial charge in [0.25, 0.3) is 0 Å². The van der Waals surface area contributed by atoms with E-state index in [-0.39, 0.29) is 42.2 Å². The molecule has 8 nitrogen and oxygen atoms in total. The van der Waals surface area contributed by atoms with Crippen molar-refractivity contribution in [2.75, 3.05) is 26.2 Å². The highest BCUT2D eigenvalue weighted by molar-refractivity contribution is 7.89. The van der Waals surface area contributed by atoms with E-state index in [9.17, 15) is 17.6 Å². The molecule has 0 aliphatic carbocycles. The zero-order valence-electron chi connectivity index (χ0n) is 15.3.